The van der Waals surface area contributed by atoms with Crippen LogP contribution >= 0.6 is 0 Å². The van der Waals surface area contributed by atoms with Crippen molar-refractivity contribution in [2.45, 2.75) is 59.0 Å². The van der Waals surface area contributed by atoms with Crippen molar-refractivity contribution in [3.05, 3.63) is 12.2 Å². The Morgan fingerprint density at radius 3 is 2.38 bits per heavy atom. The first-order chi connectivity index (χ1) is 6.18. The summed E-state index contributed by atoms with van der Waals surface area (Å²) in [5.41, 5.74) is 0. The SMILES string of the molecule is CCCCCC/C=C\[C@@H](C)[C@H](C)O. The van der Waals surface area contributed by atoms with Gasteiger partial charge >= 0.3 is 0 Å². The van der Waals surface area contributed by atoms with Crippen LogP contribution in [0, 0.1) is 5.92 Å². The molecule has 1 N–H and O–H groups in total. The van der Waals surface area contributed by atoms with E-state index in [-0.39, 0.29) is 6.10 Å². The zero-order valence-electron chi connectivity index (χ0n) is 9.29. The van der Waals surface area contributed by atoms with Crippen molar-refractivity contribution >= 4 is 0 Å². The van der Waals surface area contributed by atoms with Gasteiger partial charge in [0.25, 0.3) is 0 Å². The van der Waals surface area contributed by atoms with Gasteiger partial charge in [-0.3, -0.25) is 0 Å². The highest BCUT2D eigenvalue weighted by Gasteiger charge is 2.02. The largest absolute Gasteiger partial charge is 0.393 e. The minimum Gasteiger partial charge on any atom is -0.393 e. The summed E-state index contributed by atoms with van der Waals surface area (Å²) in [6.07, 6.45) is 10.5. The van der Waals surface area contributed by atoms with Crippen molar-refractivity contribution in [1.29, 1.82) is 0 Å². The van der Waals surface area contributed by atoms with Gasteiger partial charge in [-0.1, -0.05) is 45.3 Å². The van der Waals surface area contributed by atoms with Crippen molar-refractivity contribution < 1.29 is 5.11 Å². The Balaban J connectivity index is 3.30. The second-order valence-corrected chi connectivity index (χ2v) is 3.88. The molecule has 1 nitrogen and oxygen atoms in total. The molecule has 0 spiro atoms. The fourth-order valence-electron chi connectivity index (χ4n) is 1.16. The molecule has 0 saturated heterocycles. The van der Waals surface area contributed by atoms with E-state index in [4.69, 9.17) is 0 Å². The predicted octanol–water partition coefficient (Wildman–Crippen LogP) is 3.53. The van der Waals surface area contributed by atoms with Crippen LogP contribution in [0.25, 0.3) is 0 Å². The van der Waals surface area contributed by atoms with Gasteiger partial charge in [0.05, 0.1) is 6.10 Å². The van der Waals surface area contributed by atoms with Crippen LogP contribution < -0.4 is 0 Å². The smallest absolute Gasteiger partial charge is 0.0572 e. The number of allylic oxidation sites excluding steroid dienone is 1. The molecule has 0 bridgehead atoms. The molecule has 0 aromatic carbocycles. The molecule has 0 amide bonds. The Kier molecular flexibility index (Phi) is 8.11. The summed E-state index contributed by atoms with van der Waals surface area (Å²) in [6, 6.07) is 0. The third-order valence-corrected chi connectivity index (χ3v) is 2.42. The third kappa shape index (κ3) is 8.04. The molecule has 78 valence electrons. The van der Waals surface area contributed by atoms with E-state index in [0.717, 1.165) is 6.42 Å². The summed E-state index contributed by atoms with van der Waals surface area (Å²) in [7, 11) is 0. The molecule has 13 heavy (non-hydrogen) atoms. The molecule has 0 fully saturated rings. The van der Waals surface area contributed by atoms with Crippen molar-refractivity contribution in [1.82, 2.24) is 0 Å². The fraction of sp³-hybridized carbons (Fsp3) is 0.833. The number of aliphatic hydroxyl groups excluding tert-OH is 1. The number of rotatable bonds is 7. The average molecular weight is 184 g/mol. The molecule has 0 aromatic heterocycles. The summed E-state index contributed by atoms with van der Waals surface area (Å²) < 4.78 is 0. The second-order valence-electron chi connectivity index (χ2n) is 3.88. The maximum atomic E-state index is 9.21. The van der Waals surface area contributed by atoms with E-state index < -0.39 is 0 Å². The van der Waals surface area contributed by atoms with E-state index in [2.05, 4.69) is 19.1 Å². The lowest BCUT2D eigenvalue weighted by molar-refractivity contribution is 0.157. The average Bonchev–Trinajstić information content (AvgIpc) is 2.10. The summed E-state index contributed by atoms with van der Waals surface area (Å²) >= 11 is 0. The van der Waals surface area contributed by atoms with Crippen molar-refractivity contribution in [2.24, 2.45) is 5.92 Å². The van der Waals surface area contributed by atoms with Crippen molar-refractivity contribution in [3.63, 3.8) is 0 Å². The number of aliphatic hydroxyl groups is 1. The predicted molar refractivity (Wildman–Crippen MR) is 58.7 cm³/mol. The molecule has 0 aliphatic rings. The van der Waals surface area contributed by atoms with Crippen LogP contribution in [0.5, 0.6) is 0 Å². The highest BCUT2D eigenvalue weighted by Crippen LogP contribution is 2.07. The van der Waals surface area contributed by atoms with Gasteiger partial charge in [-0.25, -0.2) is 0 Å². The summed E-state index contributed by atoms with van der Waals surface area (Å²) in [5.74, 6) is 0.297. The maximum Gasteiger partial charge on any atom is 0.0572 e. The fourth-order valence-corrected chi connectivity index (χ4v) is 1.16. The first kappa shape index (κ1) is 12.7. The van der Waals surface area contributed by atoms with Gasteiger partial charge in [0.2, 0.25) is 0 Å². The van der Waals surface area contributed by atoms with Crippen LogP contribution in [0.3, 0.4) is 0 Å². The summed E-state index contributed by atoms with van der Waals surface area (Å²) in [4.78, 5) is 0. The first-order valence-electron chi connectivity index (χ1n) is 5.53. The van der Waals surface area contributed by atoms with Gasteiger partial charge in [0.1, 0.15) is 0 Å². The Bertz CT molecular complexity index is 127. The zero-order valence-corrected chi connectivity index (χ0v) is 9.29. The van der Waals surface area contributed by atoms with Gasteiger partial charge in [-0.2, -0.15) is 0 Å². The van der Waals surface area contributed by atoms with E-state index in [9.17, 15) is 5.11 Å². The van der Waals surface area contributed by atoms with Crippen molar-refractivity contribution in [3.8, 4) is 0 Å². The summed E-state index contributed by atoms with van der Waals surface area (Å²) in [5, 5.41) is 9.21. The molecular weight excluding hydrogens is 160 g/mol. The van der Waals surface area contributed by atoms with Gasteiger partial charge in [-0.15, -0.1) is 0 Å². The van der Waals surface area contributed by atoms with Crippen LogP contribution in [-0.2, 0) is 0 Å². The van der Waals surface area contributed by atoms with Crippen LogP contribution in [0.2, 0.25) is 0 Å². The third-order valence-electron chi connectivity index (χ3n) is 2.42. The molecule has 0 aliphatic carbocycles. The van der Waals surface area contributed by atoms with Crippen molar-refractivity contribution in [2.75, 3.05) is 0 Å². The van der Waals surface area contributed by atoms with Gasteiger partial charge in [-0.05, 0) is 25.7 Å². The second kappa shape index (κ2) is 8.31. The van der Waals surface area contributed by atoms with E-state index in [1.54, 1.807) is 0 Å². The topological polar surface area (TPSA) is 20.2 Å². The minimum atomic E-state index is -0.216. The lowest BCUT2D eigenvalue weighted by atomic mass is 10.0. The lowest BCUT2D eigenvalue weighted by Gasteiger charge is -2.08. The van der Waals surface area contributed by atoms with E-state index >= 15 is 0 Å². The molecule has 0 aromatic rings. The number of hydrogen-bond acceptors (Lipinski definition) is 1. The monoisotopic (exact) mass is 184 g/mol. The van der Waals surface area contributed by atoms with Crippen LogP contribution in [0.4, 0.5) is 0 Å². The molecule has 0 unspecified atom stereocenters. The number of unbranched alkanes of at least 4 members (excludes halogenated alkanes) is 4. The van der Waals surface area contributed by atoms with Crippen LogP contribution in [-0.4, -0.2) is 11.2 Å². The standard InChI is InChI=1S/C12H24O/c1-4-5-6-7-8-9-10-11(2)12(3)13/h9-13H,4-8H2,1-3H3/b10-9-/t11-,12+/m1/s1. The van der Waals surface area contributed by atoms with E-state index in [0.29, 0.717) is 5.92 Å². The Labute approximate surface area is 82.9 Å². The molecule has 2 atom stereocenters. The molecule has 0 aliphatic heterocycles. The summed E-state index contributed by atoms with van der Waals surface area (Å²) in [6.45, 7) is 6.12. The first-order valence-corrected chi connectivity index (χ1v) is 5.53. The minimum absolute atomic E-state index is 0.216. The Morgan fingerprint density at radius 2 is 1.85 bits per heavy atom. The Hall–Kier alpha value is -0.300. The highest BCUT2D eigenvalue weighted by molar-refractivity contribution is 4.88. The van der Waals surface area contributed by atoms with E-state index in [1.165, 1.54) is 25.7 Å². The molecule has 0 rings (SSSR count). The number of hydrogen-bond donors (Lipinski definition) is 1. The molecular formula is C12H24O. The normalized spacial score (nSPS) is 16.3. The quantitative estimate of drug-likeness (QED) is 0.474. The zero-order chi connectivity index (χ0) is 10.1. The van der Waals surface area contributed by atoms with Gasteiger partial charge < -0.3 is 5.11 Å². The van der Waals surface area contributed by atoms with E-state index in [1.807, 2.05) is 13.8 Å². The van der Waals surface area contributed by atoms with Gasteiger partial charge in [0.15, 0.2) is 0 Å². The Morgan fingerprint density at radius 1 is 1.15 bits per heavy atom. The molecule has 1 heteroatoms. The molecule has 0 radical (unpaired) electrons. The van der Waals surface area contributed by atoms with Crippen LogP contribution in [0.15, 0.2) is 12.2 Å². The van der Waals surface area contributed by atoms with Gasteiger partial charge in [0, 0.05) is 0 Å². The maximum absolute atomic E-state index is 9.21. The lowest BCUT2D eigenvalue weighted by Crippen LogP contribution is -2.09. The molecule has 0 saturated carbocycles. The molecule has 0 heterocycles. The van der Waals surface area contributed by atoms with Crippen LogP contribution in [0.1, 0.15) is 52.9 Å². The highest BCUT2D eigenvalue weighted by atomic mass is 16.3.